The van der Waals surface area contributed by atoms with Crippen molar-refractivity contribution >= 4 is 11.8 Å². The molecule has 1 saturated heterocycles. The standard InChI is InChI=1S/C14H20N4O3/c1-9-6-10(2)17-14(16-9)21-12-4-5-18(8-12)13(20)7-15-11(3)19/h6,12H,4-5,7-8H2,1-3H3,(H,15,19). The van der Waals surface area contributed by atoms with E-state index >= 15 is 0 Å². The number of carbonyl (C=O) groups excluding carboxylic acids is 2. The van der Waals surface area contributed by atoms with Crippen molar-refractivity contribution in [3.05, 3.63) is 17.5 Å². The van der Waals surface area contributed by atoms with Crippen LogP contribution in [-0.4, -0.2) is 52.4 Å². The smallest absolute Gasteiger partial charge is 0.317 e. The van der Waals surface area contributed by atoms with Crippen molar-refractivity contribution in [3.63, 3.8) is 0 Å². The number of rotatable bonds is 4. The van der Waals surface area contributed by atoms with Crippen LogP contribution in [0.2, 0.25) is 0 Å². The number of nitrogens with one attached hydrogen (secondary N) is 1. The number of aromatic nitrogens is 2. The highest BCUT2D eigenvalue weighted by Gasteiger charge is 2.28. The lowest BCUT2D eigenvalue weighted by Crippen LogP contribution is -2.39. The molecule has 2 amide bonds. The summed E-state index contributed by atoms with van der Waals surface area (Å²) in [7, 11) is 0. The number of amides is 2. The van der Waals surface area contributed by atoms with Crippen molar-refractivity contribution in [1.29, 1.82) is 0 Å². The second kappa shape index (κ2) is 6.51. The summed E-state index contributed by atoms with van der Waals surface area (Å²) in [6.07, 6.45) is 0.634. The summed E-state index contributed by atoms with van der Waals surface area (Å²) in [5.41, 5.74) is 1.71. The number of ether oxygens (including phenoxy) is 1. The molecule has 0 bridgehead atoms. The van der Waals surface area contributed by atoms with Gasteiger partial charge in [-0.3, -0.25) is 9.59 Å². The van der Waals surface area contributed by atoms with E-state index in [-0.39, 0.29) is 24.5 Å². The molecule has 1 N–H and O–H groups in total. The average molecular weight is 292 g/mol. The Balaban J connectivity index is 1.87. The predicted octanol–water partition coefficient (Wildman–Crippen LogP) is 0.209. The molecule has 7 heteroatoms. The first-order valence-corrected chi connectivity index (χ1v) is 6.95. The summed E-state index contributed by atoms with van der Waals surface area (Å²) in [6, 6.07) is 2.23. The van der Waals surface area contributed by atoms with Crippen LogP contribution < -0.4 is 10.1 Å². The Morgan fingerprint density at radius 2 is 2.05 bits per heavy atom. The van der Waals surface area contributed by atoms with E-state index in [9.17, 15) is 9.59 Å². The molecule has 21 heavy (non-hydrogen) atoms. The zero-order valence-corrected chi connectivity index (χ0v) is 12.5. The number of likely N-dealkylation sites (tertiary alicyclic amines) is 1. The lowest BCUT2D eigenvalue weighted by molar-refractivity contribution is -0.131. The van der Waals surface area contributed by atoms with E-state index in [1.165, 1.54) is 6.92 Å². The molecule has 1 aliphatic heterocycles. The highest BCUT2D eigenvalue weighted by Crippen LogP contribution is 2.16. The van der Waals surface area contributed by atoms with Gasteiger partial charge in [-0.05, 0) is 19.9 Å². The van der Waals surface area contributed by atoms with E-state index in [1.54, 1.807) is 4.90 Å². The predicted molar refractivity (Wildman–Crippen MR) is 75.8 cm³/mol. The summed E-state index contributed by atoms with van der Waals surface area (Å²) in [5, 5.41) is 2.51. The van der Waals surface area contributed by atoms with Crippen LogP contribution >= 0.6 is 0 Å². The maximum Gasteiger partial charge on any atom is 0.317 e. The van der Waals surface area contributed by atoms with Gasteiger partial charge in [-0.2, -0.15) is 0 Å². The molecule has 0 aromatic carbocycles. The van der Waals surface area contributed by atoms with Crippen molar-refractivity contribution in [1.82, 2.24) is 20.2 Å². The Kier molecular flexibility index (Phi) is 4.72. The molecule has 1 aromatic heterocycles. The molecular formula is C14H20N4O3. The Morgan fingerprint density at radius 1 is 1.38 bits per heavy atom. The van der Waals surface area contributed by atoms with Crippen molar-refractivity contribution < 1.29 is 14.3 Å². The zero-order chi connectivity index (χ0) is 15.4. The van der Waals surface area contributed by atoms with Crippen LogP contribution in [-0.2, 0) is 9.59 Å². The molecule has 0 radical (unpaired) electrons. The maximum absolute atomic E-state index is 11.9. The molecular weight excluding hydrogens is 272 g/mol. The molecule has 1 unspecified atom stereocenters. The highest BCUT2D eigenvalue weighted by molar-refractivity contribution is 5.83. The second-order valence-electron chi connectivity index (χ2n) is 5.21. The van der Waals surface area contributed by atoms with E-state index < -0.39 is 0 Å². The minimum Gasteiger partial charge on any atom is -0.458 e. The Morgan fingerprint density at radius 3 is 2.67 bits per heavy atom. The summed E-state index contributed by atoms with van der Waals surface area (Å²) in [5.74, 6) is -0.309. The monoisotopic (exact) mass is 292 g/mol. The molecule has 1 aliphatic rings. The Labute approximate surface area is 123 Å². The molecule has 1 fully saturated rings. The van der Waals surface area contributed by atoms with Gasteiger partial charge in [0, 0.05) is 31.3 Å². The van der Waals surface area contributed by atoms with Gasteiger partial charge in [0.1, 0.15) is 6.10 Å². The van der Waals surface area contributed by atoms with Gasteiger partial charge in [0.15, 0.2) is 0 Å². The summed E-state index contributed by atoms with van der Waals surface area (Å²) in [6.45, 7) is 6.31. The molecule has 114 valence electrons. The van der Waals surface area contributed by atoms with Crippen molar-refractivity contribution in [3.8, 4) is 6.01 Å². The zero-order valence-electron chi connectivity index (χ0n) is 12.5. The van der Waals surface area contributed by atoms with Crippen LogP contribution in [0, 0.1) is 13.8 Å². The van der Waals surface area contributed by atoms with Crippen molar-refractivity contribution in [2.24, 2.45) is 0 Å². The third-order valence-electron chi connectivity index (χ3n) is 3.22. The number of nitrogens with zero attached hydrogens (tertiary/aromatic N) is 3. The van der Waals surface area contributed by atoms with Gasteiger partial charge >= 0.3 is 6.01 Å². The van der Waals surface area contributed by atoms with Crippen LogP contribution in [0.3, 0.4) is 0 Å². The van der Waals surface area contributed by atoms with E-state index in [0.29, 0.717) is 19.1 Å². The summed E-state index contributed by atoms with van der Waals surface area (Å²) in [4.78, 5) is 32.8. The quantitative estimate of drug-likeness (QED) is 0.857. The molecule has 2 heterocycles. The maximum atomic E-state index is 11.9. The lowest BCUT2D eigenvalue weighted by atomic mass is 10.3. The Bertz CT molecular complexity index is 527. The summed E-state index contributed by atoms with van der Waals surface area (Å²) < 4.78 is 5.74. The van der Waals surface area contributed by atoms with Gasteiger partial charge in [-0.25, -0.2) is 9.97 Å². The molecule has 2 rings (SSSR count). The van der Waals surface area contributed by atoms with Gasteiger partial charge in [0.2, 0.25) is 11.8 Å². The first-order chi connectivity index (χ1) is 9.94. The van der Waals surface area contributed by atoms with Crippen LogP contribution in [0.4, 0.5) is 0 Å². The van der Waals surface area contributed by atoms with Gasteiger partial charge in [0.25, 0.3) is 0 Å². The average Bonchev–Trinajstić information content (AvgIpc) is 2.83. The summed E-state index contributed by atoms with van der Waals surface area (Å²) >= 11 is 0. The second-order valence-corrected chi connectivity index (χ2v) is 5.21. The molecule has 0 saturated carbocycles. The van der Waals surface area contributed by atoms with Gasteiger partial charge in [-0.1, -0.05) is 0 Å². The molecule has 1 atom stereocenters. The number of aryl methyl sites for hydroxylation is 2. The first kappa shape index (κ1) is 15.2. The van der Waals surface area contributed by atoms with Crippen LogP contribution in [0.15, 0.2) is 6.07 Å². The molecule has 1 aromatic rings. The Hall–Kier alpha value is -2.18. The van der Waals surface area contributed by atoms with Gasteiger partial charge < -0.3 is 15.0 Å². The van der Waals surface area contributed by atoms with Crippen LogP contribution in [0.1, 0.15) is 24.7 Å². The van der Waals surface area contributed by atoms with Crippen LogP contribution in [0.25, 0.3) is 0 Å². The van der Waals surface area contributed by atoms with Crippen molar-refractivity contribution in [2.75, 3.05) is 19.6 Å². The first-order valence-electron chi connectivity index (χ1n) is 6.95. The van der Waals surface area contributed by atoms with E-state index in [0.717, 1.165) is 17.8 Å². The lowest BCUT2D eigenvalue weighted by Gasteiger charge is -2.17. The minimum atomic E-state index is -0.209. The number of carbonyl (C=O) groups is 2. The third-order valence-corrected chi connectivity index (χ3v) is 3.22. The fourth-order valence-corrected chi connectivity index (χ4v) is 2.26. The SMILES string of the molecule is CC(=O)NCC(=O)N1CCC(Oc2nc(C)cc(C)n2)C1. The molecule has 7 nitrogen and oxygen atoms in total. The van der Waals surface area contributed by atoms with E-state index in [1.807, 2.05) is 19.9 Å². The fraction of sp³-hybridized carbons (Fsp3) is 0.571. The van der Waals surface area contributed by atoms with Crippen molar-refractivity contribution in [2.45, 2.75) is 33.3 Å². The number of hydrogen-bond acceptors (Lipinski definition) is 5. The normalized spacial score (nSPS) is 17.7. The third kappa shape index (κ3) is 4.40. The minimum absolute atomic E-state index is 0.0299. The van der Waals surface area contributed by atoms with Gasteiger partial charge in [0.05, 0.1) is 13.1 Å². The molecule has 0 aliphatic carbocycles. The number of hydrogen-bond donors (Lipinski definition) is 1. The molecule has 0 spiro atoms. The largest absolute Gasteiger partial charge is 0.458 e. The highest BCUT2D eigenvalue weighted by atomic mass is 16.5. The fourth-order valence-electron chi connectivity index (χ4n) is 2.26. The van der Waals surface area contributed by atoms with E-state index in [2.05, 4.69) is 15.3 Å². The van der Waals surface area contributed by atoms with Gasteiger partial charge in [-0.15, -0.1) is 0 Å². The van der Waals surface area contributed by atoms with E-state index in [4.69, 9.17) is 4.74 Å². The topological polar surface area (TPSA) is 84.4 Å². The van der Waals surface area contributed by atoms with Crippen LogP contribution in [0.5, 0.6) is 6.01 Å².